The van der Waals surface area contributed by atoms with Gasteiger partial charge in [-0.25, -0.2) is 9.97 Å². The van der Waals surface area contributed by atoms with Gasteiger partial charge in [0.05, 0.1) is 16.7 Å². The first-order valence-corrected chi connectivity index (χ1v) is 6.79. The molecule has 0 spiro atoms. The predicted molar refractivity (Wildman–Crippen MR) is 80.5 cm³/mol. The minimum absolute atomic E-state index is 0.622. The molecule has 104 valence electrons. The molecule has 5 nitrogen and oxygen atoms in total. The van der Waals surface area contributed by atoms with Gasteiger partial charge in [-0.3, -0.25) is 0 Å². The number of aromatic amines is 1. The topological polar surface area (TPSA) is 72.5 Å². The zero-order valence-corrected chi connectivity index (χ0v) is 12.1. The minimum Gasteiger partial charge on any atom is -0.342 e. The molecule has 3 N–H and O–H groups in total. The molecule has 3 aromatic rings. The van der Waals surface area contributed by atoms with Gasteiger partial charge in [-0.2, -0.15) is 0 Å². The molecule has 20 heavy (non-hydrogen) atoms. The molecule has 0 aliphatic rings. The summed E-state index contributed by atoms with van der Waals surface area (Å²) < 4.78 is 2.12. The number of benzene rings is 1. The van der Waals surface area contributed by atoms with Crippen molar-refractivity contribution in [3.8, 4) is 11.3 Å². The van der Waals surface area contributed by atoms with Gasteiger partial charge in [0.15, 0.2) is 0 Å². The molecule has 2 heterocycles. The largest absolute Gasteiger partial charge is 0.342 e. The van der Waals surface area contributed by atoms with Crippen LogP contribution in [0.5, 0.6) is 0 Å². The first-order valence-electron chi connectivity index (χ1n) is 6.79. The molecule has 0 fully saturated rings. The van der Waals surface area contributed by atoms with Crippen molar-refractivity contribution < 1.29 is 0 Å². The maximum Gasteiger partial charge on any atom is 0.106 e. The Balaban J connectivity index is 2.16. The molecule has 5 heteroatoms. The van der Waals surface area contributed by atoms with Crippen LogP contribution in [-0.2, 0) is 13.5 Å². The summed E-state index contributed by atoms with van der Waals surface area (Å²) in [5, 5.41) is 0. The summed E-state index contributed by atoms with van der Waals surface area (Å²) in [6, 6.07) is 6.21. The van der Waals surface area contributed by atoms with Crippen molar-refractivity contribution in [1.29, 1.82) is 0 Å². The molecule has 3 rings (SSSR count). The zero-order chi connectivity index (χ0) is 14.3. The summed E-state index contributed by atoms with van der Waals surface area (Å²) in [5.74, 6) is 1.93. The zero-order valence-electron chi connectivity index (χ0n) is 12.1. The maximum absolute atomic E-state index is 5.72. The Bertz CT molecular complexity index is 766. The average molecular weight is 269 g/mol. The highest BCUT2D eigenvalue weighted by Crippen LogP contribution is 2.26. The second kappa shape index (κ2) is 4.76. The van der Waals surface area contributed by atoms with Crippen molar-refractivity contribution >= 4 is 11.0 Å². The Kier molecular flexibility index (Phi) is 3.06. The highest BCUT2D eigenvalue weighted by Gasteiger charge is 2.14. The van der Waals surface area contributed by atoms with Gasteiger partial charge < -0.3 is 15.3 Å². The normalized spacial score (nSPS) is 11.4. The van der Waals surface area contributed by atoms with E-state index < -0.39 is 0 Å². The third-order valence-corrected chi connectivity index (χ3v) is 3.69. The van der Waals surface area contributed by atoms with E-state index in [1.54, 1.807) is 0 Å². The molecule has 0 bridgehead atoms. The van der Waals surface area contributed by atoms with Crippen LogP contribution < -0.4 is 5.73 Å². The lowest BCUT2D eigenvalue weighted by Gasteiger charge is -2.05. The Labute approximate surface area is 117 Å². The van der Waals surface area contributed by atoms with Crippen molar-refractivity contribution in [3.05, 3.63) is 35.5 Å². The fourth-order valence-corrected chi connectivity index (χ4v) is 2.59. The highest BCUT2D eigenvalue weighted by molar-refractivity contribution is 5.81. The van der Waals surface area contributed by atoms with Gasteiger partial charge in [0.2, 0.25) is 0 Å². The number of nitrogens with zero attached hydrogens (tertiary/aromatic N) is 3. The number of hydrogen-bond acceptors (Lipinski definition) is 3. The van der Waals surface area contributed by atoms with Gasteiger partial charge in [-0.15, -0.1) is 0 Å². The maximum atomic E-state index is 5.72. The predicted octanol–water partition coefficient (Wildman–Crippen LogP) is 2.08. The van der Waals surface area contributed by atoms with Crippen molar-refractivity contribution in [1.82, 2.24) is 19.5 Å². The van der Waals surface area contributed by atoms with E-state index >= 15 is 0 Å². The fourth-order valence-electron chi connectivity index (χ4n) is 2.59. The lowest BCUT2D eigenvalue weighted by Crippen LogP contribution is -2.08. The smallest absolute Gasteiger partial charge is 0.106 e. The molecular formula is C15H19N5. The number of fused-ring (bicyclic) bond motifs is 1. The van der Waals surface area contributed by atoms with Gasteiger partial charge in [0.1, 0.15) is 11.6 Å². The van der Waals surface area contributed by atoms with Gasteiger partial charge in [0, 0.05) is 24.7 Å². The van der Waals surface area contributed by atoms with E-state index in [9.17, 15) is 0 Å². The van der Waals surface area contributed by atoms with Crippen LogP contribution in [0.25, 0.3) is 22.3 Å². The number of aromatic nitrogens is 4. The Morgan fingerprint density at radius 1 is 1.25 bits per heavy atom. The highest BCUT2D eigenvalue weighted by atomic mass is 15.1. The SMILES string of the molecule is Cc1nc2ccc(-c3nc(C)n(C)c3CCN)cc2[nH]1. The monoisotopic (exact) mass is 269 g/mol. The molecule has 0 amide bonds. The second-order valence-corrected chi connectivity index (χ2v) is 5.11. The van der Waals surface area contributed by atoms with Gasteiger partial charge in [0.25, 0.3) is 0 Å². The number of rotatable bonds is 3. The molecule has 1 aromatic carbocycles. The van der Waals surface area contributed by atoms with E-state index in [0.717, 1.165) is 40.4 Å². The van der Waals surface area contributed by atoms with E-state index in [0.29, 0.717) is 6.54 Å². The number of aryl methyl sites for hydroxylation is 2. The molecule has 0 aliphatic heterocycles. The summed E-state index contributed by atoms with van der Waals surface area (Å²) in [6.07, 6.45) is 0.826. The quantitative estimate of drug-likeness (QED) is 0.764. The molecule has 0 saturated heterocycles. The van der Waals surface area contributed by atoms with E-state index in [2.05, 4.69) is 31.7 Å². The third-order valence-electron chi connectivity index (χ3n) is 3.69. The summed E-state index contributed by atoms with van der Waals surface area (Å²) in [6.45, 7) is 4.60. The second-order valence-electron chi connectivity index (χ2n) is 5.11. The van der Waals surface area contributed by atoms with Crippen molar-refractivity contribution in [2.75, 3.05) is 6.54 Å². The van der Waals surface area contributed by atoms with Crippen molar-refractivity contribution in [2.45, 2.75) is 20.3 Å². The van der Waals surface area contributed by atoms with E-state index in [4.69, 9.17) is 5.73 Å². The summed E-state index contributed by atoms with van der Waals surface area (Å²) in [4.78, 5) is 12.4. The summed E-state index contributed by atoms with van der Waals surface area (Å²) in [5.41, 5.74) is 11.1. The summed E-state index contributed by atoms with van der Waals surface area (Å²) in [7, 11) is 2.04. The first-order chi connectivity index (χ1) is 9.60. The number of imidazole rings is 2. The van der Waals surface area contributed by atoms with E-state index in [1.165, 1.54) is 5.69 Å². The van der Waals surface area contributed by atoms with Crippen LogP contribution in [0.1, 0.15) is 17.3 Å². The molecule has 2 aromatic heterocycles. The molecule has 0 saturated carbocycles. The van der Waals surface area contributed by atoms with Gasteiger partial charge >= 0.3 is 0 Å². The van der Waals surface area contributed by atoms with Crippen LogP contribution in [-0.4, -0.2) is 26.1 Å². The van der Waals surface area contributed by atoms with Crippen LogP contribution in [0.2, 0.25) is 0 Å². The van der Waals surface area contributed by atoms with Gasteiger partial charge in [-0.1, -0.05) is 6.07 Å². The Morgan fingerprint density at radius 2 is 2.05 bits per heavy atom. The number of H-pyrrole nitrogens is 1. The number of nitrogens with one attached hydrogen (secondary N) is 1. The third kappa shape index (κ3) is 2.00. The number of nitrogens with two attached hydrogens (primary N) is 1. The fraction of sp³-hybridized carbons (Fsp3) is 0.333. The van der Waals surface area contributed by atoms with E-state index in [1.807, 2.05) is 27.0 Å². The average Bonchev–Trinajstić information content (AvgIpc) is 2.92. The Morgan fingerprint density at radius 3 is 2.80 bits per heavy atom. The van der Waals surface area contributed by atoms with Crippen LogP contribution >= 0.6 is 0 Å². The molecule has 0 radical (unpaired) electrons. The lowest BCUT2D eigenvalue weighted by molar-refractivity contribution is 0.778. The molecule has 0 unspecified atom stereocenters. The van der Waals surface area contributed by atoms with Gasteiger partial charge in [-0.05, 0) is 32.5 Å². The van der Waals surface area contributed by atoms with E-state index in [-0.39, 0.29) is 0 Å². The van der Waals surface area contributed by atoms with Crippen LogP contribution in [0.3, 0.4) is 0 Å². The minimum atomic E-state index is 0.622. The summed E-state index contributed by atoms with van der Waals surface area (Å²) >= 11 is 0. The first kappa shape index (κ1) is 12.9. The van der Waals surface area contributed by atoms with Crippen LogP contribution in [0, 0.1) is 13.8 Å². The van der Waals surface area contributed by atoms with Crippen molar-refractivity contribution in [2.24, 2.45) is 12.8 Å². The van der Waals surface area contributed by atoms with Crippen molar-refractivity contribution in [3.63, 3.8) is 0 Å². The molecule has 0 aliphatic carbocycles. The lowest BCUT2D eigenvalue weighted by atomic mass is 10.1. The molecule has 0 atom stereocenters. The molecular weight excluding hydrogens is 250 g/mol. The number of hydrogen-bond donors (Lipinski definition) is 2. The van der Waals surface area contributed by atoms with Crippen LogP contribution in [0.4, 0.5) is 0 Å². The van der Waals surface area contributed by atoms with Crippen LogP contribution in [0.15, 0.2) is 18.2 Å². The standard InChI is InChI=1S/C15H19N5/c1-9-17-12-5-4-11(8-13(12)18-9)15-14(6-7-16)20(3)10(2)19-15/h4-5,8H,6-7,16H2,1-3H3,(H,17,18). The Hall–Kier alpha value is -2.14.